The van der Waals surface area contributed by atoms with Crippen LogP contribution in [0.4, 0.5) is 5.82 Å². The van der Waals surface area contributed by atoms with Crippen LogP contribution < -0.4 is 5.32 Å². The lowest BCUT2D eigenvalue weighted by molar-refractivity contribution is 0.308. The average Bonchev–Trinajstić information content (AvgIpc) is 3.07. The third-order valence-electron chi connectivity index (χ3n) is 4.03. The van der Waals surface area contributed by atoms with Gasteiger partial charge in [-0.05, 0) is 37.3 Å². The number of fused-ring (bicyclic) bond motifs is 1. The van der Waals surface area contributed by atoms with Gasteiger partial charge in [-0.3, -0.25) is 4.90 Å². The second kappa shape index (κ2) is 6.06. The molecule has 4 nitrogen and oxygen atoms in total. The monoisotopic (exact) mass is 290 g/mol. The fraction of sp³-hybridized carbons (Fsp3) is 0.600. The molecular weight excluding hydrogens is 268 g/mol. The van der Waals surface area contributed by atoms with Crippen LogP contribution in [0, 0.1) is 5.92 Å². The van der Waals surface area contributed by atoms with Gasteiger partial charge in [0.25, 0.3) is 0 Å². The first-order valence-corrected chi connectivity index (χ1v) is 8.38. The van der Waals surface area contributed by atoms with Gasteiger partial charge in [-0.15, -0.1) is 11.3 Å². The molecule has 1 N–H and O–H groups in total. The van der Waals surface area contributed by atoms with Gasteiger partial charge in [0.2, 0.25) is 0 Å². The van der Waals surface area contributed by atoms with Crippen LogP contribution in [0.25, 0.3) is 10.2 Å². The molecule has 108 valence electrons. The number of nitrogens with zero attached hydrogens (tertiary/aromatic N) is 3. The van der Waals surface area contributed by atoms with Crippen LogP contribution in [-0.4, -0.2) is 34.5 Å². The maximum absolute atomic E-state index is 4.72. The normalized spacial score (nSPS) is 19.8. The van der Waals surface area contributed by atoms with Crippen LogP contribution in [0.3, 0.4) is 0 Å². The Morgan fingerprint density at radius 3 is 3.05 bits per heavy atom. The van der Waals surface area contributed by atoms with Crippen molar-refractivity contribution in [1.29, 1.82) is 0 Å². The van der Waals surface area contributed by atoms with E-state index in [0.29, 0.717) is 0 Å². The van der Waals surface area contributed by atoms with Crippen LogP contribution in [0.15, 0.2) is 11.4 Å². The second-order valence-electron chi connectivity index (χ2n) is 5.46. The molecule has 1 unspecified atom stereocenters. The van der Waals surface area contributed by atoms with Gasteiger partial charge in [0.15, 0.2) is 0 Å². The van der Waals surface area contributed by atoms with Gasteiger partial charge < -0.3 is 5.32 Å². The maximum Gasteiger partial charge on any atom is 0.146 e. The van der Waals surface area contributed by atoms with E-state index >= 15 is 0 Å². The summed E-state index contributed by atoms with van der Waals surface area (Å²) in [5.41, 5.74) is 0. The minimum absolute atomic E-state index is 0.855. The fourth-order valence-electron chi connectivity index (χ4n) is 2.86. The predicted molar refractivity (Wildman–Crippen MR) is 85.3 cm³/mol. The van der Waals surface area contributed by atoms with Crippen LogP contribution in [-0.2, 0) is 6.54 Å². The summed E-state index contributed by atoms with van der Waals surface area (Å²) in [4.78, 5) is 13.0. The first kappa shape index (κ1) is 13.8. The van der Waals surface area contributed by atoms with Crippen LogP contribution >= 0.6 is 11.3 Å². The van der Waals surface area contributed by atoms with Crippen LogP contribution in [0.2, 0.25) is 0 Å². The molecule has 0 spiro atoms. The lowest BCUT2D eigenvalue weighted by atomic mass is 10.1. The van der Waals surface area contributed by atoms with Crippen molar-refractivity contribution < 1.29 is 0 Å². The number of anilines is 1. The highest BCUT2D eigenvalue weighted by Gasteiger charge is 2.22. The number of nitrogens with one attached hydrogen (secondary N) is 1. The van der Waals surface area contributed by atoms with E-state index in [4.69, 9.17) is 9.97 Å². The molecule has 0 bridgehead atoms. The summed E-state index contributed by atoms with van der Waals surface area (Å²) >= 11 is 1.69. The van der Waals surface area contributed by atoms with Crippen molar-refractivity contribution in [2.45, 2.75) is 33.2 Å². The standard InChI is InChI=1S/C15H22N4S/c1-3-11-5-7-19(9-11)10-13-17-14(16-4-2)12-6-8-20-15(12)18-13/h6,8,11H,3-5,7,9-10H2,1-2H3,(H,16,17,18). The molecule has 0 saturated carbocycles. The summed E-state index contributed by atoms with van der Waals surface area (Å²) in [6.45, 7) is 8.53. The average molecular weight is 290 g/mol. The van der Waals surface area contributed by atoms with Crippen LogP contribution in [0.1, 0.15) is 32.5 Å². The molecule has 1 atom stereocenters. The second-order valence-corrected chi connectivity index (χ2v) is 6.35. The van der Waals surface area contributed by atoms with Gasteiger partial charge >= 0.3 is 0 Å². The molecule has 0 aliphatic carbocycles. The Labute approximate surface area is 124 Å². The van der Waals surface area contributed by atoms with E-state index in [2.05, 4.69) is 35.5 Å². The molecule has 1 fully saturated rings. The van der Waals surface area contributed by atoms with Crippen molar-refractivity contribution in [3.63, 3.8) is 0 Å². The summed E-state index contributed by atoms with van der Waals surface area (Å²) in [6.07, 6.45) is 2.60. The Balaban J connectivity index is 1.81. The molecule has 0 radical (unpaired) electrons. The number of hydrogen-bond donors (Lipinski definition) is 1. The highest BCUT2D eigenvalue weighted by Crippen LogP contribution is 2.26. The Morgan fingerprint density at radius 1 is 1.40 bits per heavy atom. The van der Waals surface area contributed by atoms with Crippen molar-refractivity contribution in [2.75, 3.05) is 25.0 Å². The Morgan fingerprint density at radius 2 is 2.30 bits per heavy atom. The smallest absolute Gasteiger partial charge is 0.146 e. The molecule has 1 aliphatic rings. The molecule has 2 aromatic heterocycles. The molecule has 1 saturated heterocycles. The molecule has 0 aromatic carbocycles. The maximum atomic E-state index is 4.72. The van der Waals surface area contributed by atoms with Crippen molar-refractivity contribution in [2.24, 2.45) is 5.92 Å². The van der Waals surface area contributed by atoms with E-state index in [-0.39, 0.29) is 0 Å². The summed E-state index contributed by atoms with van der Waals surface area (Å²) in [5, 5.41) is 6.60. The molecule has 3 rings (SSSR count). The molecule has 2 aromatic rings. The minimum atomic E-state index is 0.855. The molecule has 0 amide bonds. The zero-order valence-corrected chi connectivity index (χ0v) is 13.0. The van der Waals surface area contributed by atoms with Gasteiger partial charge in [-0.1, -0.05) is 13.3 Å². The Kier molecular flexibility index (Phi) is 4.17. The molecular formula is C15H22N4S. The Bertz CT molecular complexity index is 580. The highest BCUT2D eigenvalue weighted by molar-refractivity contribution is 7.16. The van der Waals surface area contributed by atoms with E-state index in [0.717, 1.165) is 40.9 Å². The summed E-state index contributed by atoms with van der Waals surface area (Å²) in [7, 11) is 0. The molecule has 5 heteroatoms. The summed E-state index contributed by atoms with van der Waals surface area (Å²) in [5.74, 6) is 2.79. The largest absolute Gasteiger partial charge is 0.370 e. The van der Waals surface area contributed by atoms with Crippen LogP contribution in [0.5, 0.6) is 0 Å². The number of thiophene rings is 1. The van der Waals surface area contributed by atoms with Gasteiger partial charge in [0.05, 0.1) is 11.9 Å². The SMILES string of the molecule is CCNc1nc(CN2CCC(CC)C2)nc2sccc12. The predicted octanol–water partition coefficient (Wildman–Crippen LogP) is 3.36. The molecule has 1 aliphatic heterocycles. The number of aromatic nitrogens is 2. The van der Waals surface area contributed by atoms with E-state index in [1.807, 2.05) is 0 Å². The molecule has 3 heterocycles. The first-order chi connectivity index (χ1) is 9.80. The van der Waals surface area contributed by atoms with E-state index < -0.39 is 0 Å². The first-order valence-electron chi connectivity index (χ1n) is 7.50. The molecule has 20 heavy (non-hydrogen) atoms. The fourth-order valence-corrected chi connectivity index (χ4v) is 3.64. The third kappa shape index (κ3) is 2.79. The lowest BCUT2D eigenvalue weighted by Crippen LogP contribution is -2.21. The zero-order valence-electron chi connectivity index (χ0n) is 12.2. The summed E-state index contributed by atoms with van der Waals surface area (Å²) in [6, 6.07) is 2.10. The van der Waals surface area contributed by atoms with Gasteiger partial charge in [0.1, 0.15) is 16.5 Å². The number of hydrogen-bond acceptors (Lipinski definition) is 5. The van der Waals surface area contributed by atoms with E-state index in [1.54, 1.807) is 11.3 Å². The Hall–Kier alpha value is -1.20. The van der Waals surface area contributed by atoms with Crippen molar-refractivity contribution in [3.8, 4) is 0 Å². The van der Waals surface area contributed by atoms with E-state index in [9.17, 15) is 0 Å². The van der Waals surface area contributed by atoms with Crippen molar-refractivity contribution in [1.82, 2.24) is 14.9 Å². The van der Waals surface area contributed by atoms with Gasteiger partial charge in [-0.2, -0.15) is 0 Å². The van der Waals surface area contributed by atoms with Gasteiger partial charge in [-0.25, -0.2) is 9.97 Å². The minimum Gasteiger partial charge on any atom is -0.370 e. The lowest BCUT2D eigenvalue weighted by Gasteiger charge is -2.15. The number of rotatable bonds is 5. The summed E-state index contributed by atoms with van der Waals surface area (Å²) < 4.78 is 0. The third-order valence-corrected chi connectivity index (χ3v) is 4.83. The van der Waals surface area contributed by atoms with Crippen molar-refractivity contribution >= 4 is 27.4 Å². The van der Waals surface area contributed by atoms with Crippen molar-refractivity contribution in [3.05, 3.63) is 17.3 Å². The quantitative estimate of drug-likeness (QED) is 0.917. The van der Waals surface area contributed by atoms with E-state index in [1.165, 1.54) is 25.9 Å². The van der Waals surface area contributed by atoms with Gasteiger partial charge in [0, 0.05) is 13.1 Å². The topological polar surface area (TPSA) is 41.1 Å². The zero-order chi connectivity index (χ0) is 13.9. The highest BCUT2D eigenvalue weighted by atomic mass is 32.1. The number of likely N-dealkylation sites (tertiary alicyclic amines) is 1.